The summed E-state index contributed by atoms with van der Waals surface area (Å²) < 4.78 is 5.71. The molecule has 16 heavy (non-hydrogen) atoms. The molecule has 2 bridgehead atoms. The van der Waals surface area contributed by atoms with Crippen LogP contribution in [0.25, 0.3) is 0 Å². The first-order chi connectivity index (χ1) is 7.59. The Morgan fingerprint density at radius 2 is 2.50 bits per heavy atom. The first kappa shape index (κ1) is 9.84. The topological polar surface area (TPSA) is 66.8 Å². The Morgan fingerprint density at radius 1 is 1.75 bits per heavy atom. The van der Waals surface area contributed by atoms with E-state index in [0.717, 1.165) is 0 Å². The van der Waals surface area contributed by atoms with Crippen molar-refractivity contribution in [2.75, 3.05) is 13.1 Å². The van der Waals surface area contributed by atoms with E-state index < -0.39 is 29.5 Å². The van der Waals surface area contributed by atoms with Gasteiger partial charge in [-0.2, -0.15) is 0 Å². The Kier molecular flexibility index (Phi) is 1.75. The predicted octanol–water partition coefficient (Wildman–Crippen LogP) is -0.127. The Hall–Kier alpha value is -1.36. The molecule has 86 valence electrons. The van der Waals surface area contributed by atoms with Crippen molar-refractivity contribution in [2.24, 2.45) is 11.8 Å². The molecule has 4 atom stereocenters. The van der Waals surface area contributed by atoms with Crippen LogP contribution >= 0.6 is 0 Å². The third kappa shape index (κ3) is 0.942. The highest BCUT2D eigenvalue weighted by Gasteiger charge is 2.66. The van der Waals surface area contributed by atoms with Gasteiger partial charge in [-0.05, 0) is 6.92 Å². The van der Waals surface area contributed by atoms with Gasteiger partial charge in [-0.3, -0.25) is 9.59 Å². The summed E-state index contributed by atoms with van der Waals surface area (Å²) >= 11 is 0. The summed E-state index contributed by atoms with van der Waals surface area (Å²) in [7, 11) is 0. The molecule has 0 aromatic rings. The Bertz CT molecular complexity index is 405. The van der Waals surface area contributed by atoms with E-state index >= 15 is 0 Å². The van der Waals surface area contributed by atoms with E-state index in [-0.39, 0.29) is 5.91 Å². The highest BCUT2D eigenvalue weighted by Crippen LogP contribution is 2.51. The highest BCUT2D eigenvalue weighted by atomic mass is 16.5. The van der Waals surface area contributed by atoms with E-state index in [1.165, 1.54) is 0 Å². The average Bonchev–Trinajstić information content (AvgIpc) is 2.86. The lowest BCUT2D eigenvalue weighted by molar-refractivity contribution is -0.148. The average molecular weight is 223 g/mol. The SMILES string of the molecule is CCN1C[C@]23C=C[C@@H](O2)[C@H](C(=O)O)[C@@H]3C1=O. The van der Waals surface area contributed by atoms with Gasteiger partial charge >= 0.3 is 5.97 Å². The summed E-state index contributed by atoms with van der Waals surface area (Å²) in [5, 5.41) is 9.17. The highest BCUT2D eigenvalue weighted by molar-refractivity contribution is 5.90. The fourth-order valence-corrected chi connectivity index (χ4v) is 3.13. The Balaban J connectivity index is 2.03. The van der Waals surface area contributed by atoms with Gasteiger partial charge in [0.1, 0.15) is 11.5 Å². The number of carbonyl (C=O) groups is 2. The molecule has 0 aromatic carbocycles. The Morgan fingerprint density at radius 3 is 3.12 bits per heavy atom. The number of amides is 1. The monoisotopic (exact) mass is 223 g/mol. The van der Waals surface area contributed by atoms with Gasteiger partial charge in [0.15, 0.2) is 0 Å². The molecule has 0 aliphatic carbocycles. The number of hydrogen-bond acceptors (Lipinski definition) is 3. The molecule has 3 aliphatic heterocycles. The lowest BCUT2D eigenvalue weighted by atomic mass is 9.77. The van der Waals surface area contributed by atoms with Crippen LogP contribution in [-0.2, 0) is 14.3 Å². The zero-order valence-corrected chi connectivity index (χ0v) is 8.92. The van der Waals surface area contributed by atoms with Crippen molar-refractivity contribution in [1.29, 1.82) is 0 Å². The fraction of sp³-hybridized carbons (Fsp3) is 0.636. The minimum atomic E-state index is -0.937. The van der Waals surface area contributed by atoms with Crippen LogP contribution in [0.15, 0.2) is 12.2 Å². The number of fused-ring (bicyclic) bond motifs is 1. The van der Waals surface area contributed by atoms with E-state index in [4.69, 9.17) is 4.74 Å². The molecule has 2 fully saturated rings. The quantitative estimate of drug-likeness (QED) is 0.662. The van der Waals surface area contributed by atoms with Crippen molar-refractivity contribution < 1.29 is 19.4 Å². The maximum absolute atomic E-state index is 12.1. The van der Waals surface area contributed by atoms with E-state index in [0.29, 0.717) is 13.1 Å². The lowest BCUT2D eigenvalue weighted by Crippen LogP contribution is -2.39. The molecule has 5 heteroatoms. The molecule has 1 spiro atoms. The van der Waals surface area contributed by atoms with Crippen LogP contribution in [0.1, 0.15) is 6.92 Å². The van der Waals surface area contributed by atoms with Crippen LogP contribution in [0.3, 0.4) is 0 Å². The number of aliphatic carboxylic acids is 1. The number of carbonyl (C=O) groups excluding carboxylic acids is 1. The van der Waals surface area contributed by atoms with Crippen LogP contribution < -0.4 is 0 Å². The second kappa shape index (κ2) is 2.85. The molecule has 5 nitrogen and oxygen atoms in total. The largest absolute Gasteiger partial charge is 0.481 e. The standard InChI is InChI=1S/C11H13NO4/c1-2-12-5-11-4-3-6(16-11)7(10(14)15)8(11)9(12)13/h3-4,6-8H,2,5H2,1H3,(H,14,15)/t6-,7+,8-,11+/m1/s1. The molecule has 0 unspecified atom stereocenters. The van der Waals surface area contributed by atoms with Crippen molar-refractivity contribution >= 4 is 11.9 Å². The maximum atomic E-state index is 12.1. The Labute approximate surface area is 92.7 Å². The normalized spacial score (nSPS) is 44.2. The molecule has 1 N–H and O–H groups in total. The second-order valence-corrected chi connectivity index (χ2v) is 4.59. The second-order valence-electron chi connectivity index (χ2n) is 4.59. The number of likely N-dealkylation sites (N-methyl/N-ethyl adjacent to an activating group) is 1. The third-order valence-electron chi connectivity index (χ3n) is 3.85. The number of rotatable bonds is 2. The van der Waals surface area contributed by atoms with E-state index in [9.17, 15) is 14.7 Å². The van der Waals surface area contributed by atoms with Gasteiger partial charge in [-0.1, -0.05) is 12.2 Å². The van der Waals surface area contributed by atoms with Gasteiger partial charge in [0.2, 0.25) is 5.91 Å². The smallest absolute Gasteiger partial charge is 0.310 e. The number of ether oxygens (including phenoxy) is 1. The van der Waals surface area contributed by atoms with Crippen molar-refractivity contribution in [3.05, 3.63) is 12.2 Å². The van der Waals surface area contributed by atoms with Crippen LogP contribution in [0.5, 0.6) is 0 Å². The number of carboxylic acid groups (broad SMARTS) is 1. The van der Waals surface area contributed by atoms with Crippen molar-refractivity contribution in [3.63, 3.8) is 0 Å². The van der Waals surface area contributed by atoms with Crippen molar-refractivity contribution in [2.45, 2.75) is 18.6 Å². The summed E-state index contributed by atoms with van der Waals surface area (Å²) in [4.78, 5) is 24.9. The third-order valence-corrected chi connectivity index (χ3v) is 3.85. The zero-order chi connectivity index (χ0) is 11.5. The fourth-order valence-electron chi connectivity index (χ4n) is 3.13. The van der Waals surface area contributed by atoms with Gasteiger partial charge in [-0.15, -0.1) is 0 Å². The van der Waals surface area contributed by atoms with Gasteiger partial charge in [-0.25, -0.2) is 0 Å². The number of hydrogen-bond donors (Lipinski definition) is 1. The van der Waals surface area contributed by atoms with Crippen LogP contribution in [-0.4, -0.2) is 46.7 Å². The van der Waals surface area contributed by atoms with E-state index in [2.05, 4.69) is 0 Å². The van der Waals surface area contributed by atoms with Crippen LogP contribution in [0.4, 0.5) is 0 Å². The lowest BCUT2D eigenvalue weighted by Gasteiger charge is -2.21. The van der Waals surface area contributed by atoms with Crippen LogP contribution in [0, 0.1) is 11.8 Å². The molecular formula is C11H13NO4. The molecular weight excluding hydrogens is 210 g/mol. The minimum absolute atomic E-state index is 0.0817. The number of carboxylic acids is 1. The van der Waals surface area contributed by atoms with E-state index in [1.807, 2.05) is 13.0 Å². The molecule has 0 radical (unpaired) electrons. The molecule has 0 aromatic heterocycles. The number of likely N-dealkylation sites (tertiary alicyclic amines) is 1. The first-order valence-electron chi connectivity index (χ1n) is 5.48. The van der Waals surface area contributed by atoms with Crippen molar-refractivity contribution in [3.8, 4) is 0 Å². The maximum Gasteiger partial charge on any atom is 0.310 e. The summed E-state index contributed by atoms with van der Waals surface area (Å²) in [5.41, 5.74) is -0.666. The first-order valence-corrected chi connectivity index (χ1v) is 5.48. The molecule has 3 heterocycles. The van der Waals surface area contributed by atoms with Gasteiger partial charge in [0.25, 0.3) is 0 Å². The summed E-state index contributed by atoms with van der Waals surface area (Å²) in [6.45, 7) is 2.98. The summed E-state index contributed by atoms with van der Waals surface area (Å²) in [5.74, 6) is -2.26. The van der Waals surface area contributed by atoms with Gasteiger partial charge in [0, 0.05) is 6.54 Å². The molecule has 1 amide bonds. The molecule has 3 rings (SSSR count). The van der Waals surface area contributed by atoms with E-state index in [1.54, 1.807) is 11.0 Å². The number of nitrogens with zero attached hydrogens (tertiary/aromatic N) is 1. The summed E-state index contributed by atoms with van der Waals surface area (Å²) in [6.07, 6.45) is 3.22. The molecule has 2 saturated heterocycles. The van der Waals surface area contributed by atoms with Crippen molar-refractivity contribution in [1.82, 2.24) is 4.90 Å². The van der Waals surface area contributed by atoms with Gasteiger partial charge < -0.3 is 14.7 Å². The summed E-state index contributed by atoms with van der Waals surface area (Å²) in [6, 6.07) is 0. The van der Waals surface area contributed by atoms with Crippen LogP contribution in [0.2, 0.25) is 0 Å². The molecule has 0 saturated carbocycles. The zero-order valence-electron chi connectivity index (χ0n) is 8.92. The minimum Gasteiger partial charge on any atom is -0.481 e. The van der Waals surface area contributed by atoms with Gasteiger partial charge in [0.05, 0.1) is 18.6 Å². The predicted molar refractivity (Wildman–Crippen MR) is 53.6 cm³/mol. The molecule has 3 aliphatic rings.